The molecular weight excluding hydrogens is 336 g/mol. The molecule has 6 heteroatoms. The molecule has 0 aromatic heterocycles. The lowest BCUT2D eigenvalue weighted by atomic mass is 9.80. The van der Waals surface area contributed by atoms with Crippen LogP contribution < -0.4 is 0 Å². The zero-order chi connectivity index (χ0) is 19.2. The number of hydrogen-bond acceptors (Lipinski definition) is 6. The van der Waals surface area contributed by atoms with Gasteiger partial charge in [-0.2, -0.15) is 0 Å². The molecule has 0 amide bonds. The third-order valence-electron chi connectivity index (χ3n) is 5.54. The molecule has 140 valence electrons. The minimum atomic E-state index is -1.13. The van der Waals surface area contributed by atoms with E-state index >= 15 is 0 Å². The highest BCUT2D eigenvalue weighted by Gasteiger charge is 2.53. The minimum absolute atomic E-state index is 0.0984. The molecule has 3 aliphatic rings. The van der Waals surface area contributed by atoms with Crippen molar-refractivity contribution in [3.8, 4) is 0 Å². The fourth-order valence-corrected chi connectivity index (χ4v) is 3.75. The molecule has 0 spiro atoms. The normalized spacial score (nSPS) is 37.0. The van der Waals surface area contributed by atoms with E-state index in [4.69, 9.17) is 14.2 Å². The second-order valence-electron chi connectivity index (χ2n) is 7.49. The molecule has 0 aromatic rings. The van der Waals surface area contributed by atoms with Crippen LogP contribution in [0.25, 0.3) is 0 Å². The molecule has 2 bridgehead atoms. The summed E-state index contributed by atoms with van der Waals surface area (Å²) in [5.41, 5.74) is -0.395. The van der Waals surface area contributed by atoms with Crippen LogP contribution in [0.2, 0.25) is 0 Å². The van der Waals surface area contributed by atoms with Gasteiger partial charge in [0, 0.05) is 29.6 Å². The van der Waals surface area contributed by atoms with Gasteiger partial charge in [0.1, 0.15) is 18.0 Å². The topological polar surface area (TPSA) is 78.9 Å². The minimum Gasteiger partial charge on any atom is -0.483 e. The second-order valence-corrected chi connectivity index (χ2v) is 7.49. The number of carbonyl (C=O) groups is 3. The van der Waals surface area contributed by atoms with Gasteiger partial charge in [-0.25, -0.2) is 9.59 Å². The Balaban J connectivity index is 2.00. The van der Waals surface area contributed by atoms with Crippen LogP contribution in [-0.2, 0) is 28.6 Å². The van der Waals surface area contributed by atoms with Crippen molar-refractivity contribution in [1.82, 2.24) is 0 Å². The lowest BCUT2D eigenvalue weighted by molar-refractivity contribution is -0.153. The molecule has 0 N–H and O–H groups in total. The van der Waals surface area contributed by atoms with Gasteiger partial charge in [0.05, 0.1) is 5.92 Å². The number of carbonyl (C=O) groups excluding carboxylic acids is 3. The molecule has 0 aliphatic carbocycles. The van der Waals surface area contributed by atoms with Crippen LogP contribution in [0.1, 0.15) is 40.5 Å². The highest BCUT2D eigenvalue weighted by Crippen LogP contribution is 2.44. The highest BCUT2D eigenvalue weighted by atomic mass is 16.6. The van der Waals surface area contributed by atoms with Crippen LogP contribution in [0.3, 0.4) is 0 Å². The van der Waals surface area contributed by atoms with Crippen molar-refractivity contribution in [3.63, 3.8) is 0 Å². The average Bonchev–Trinajstić information content (AvgIpc) is 3.03. The summed E-state index contributed by atoms with van der Waals surface area (Å²) in [6, 6.07) is 0. The van der Waals surface area contributed by atoms with E-state index in [0.29, 0.717) is 17.8 Å². The van der Waals surface area contributed by atoms with Crippen LogP contribution in [-0.4, -0.2) is 35.5 Å². The Morgan fingerprint density at radius 2 is 2.12 bits per heavy atom. The maximum Gasteiger partial charge on any atom is 0.334 e. The molecule has 0 radical (unpaired) electrons. The lowest BCUT2D eigenvalue weighted by Crippen LogP contribution is -2.43. The van der Waals surface area contributed by atoms with Gasteiger partial charge in [0.2, 0.25) is 5.78 Å². The van der Waals surface area contributed by atoms with Crippen LogP contribution >= 0.6 is 0 Å². The lowest BCUT2D eigenvalue weighted by Gasteiger charge is -2.31. The summed E-state index contributed by atoms with van der Waals surface area (Å²) in [5, 5.41) is 0. The van der Waals surface area contributed by atoms with E-state index in [-0.39, 0.29) is 23.7 Å². The monoisotopic (exact) mass is 360 g/mol. The van der Waals surface area contributed by atoms with E-state index in [1.165, 1.54) is 6.08 Å². The van der Waals surface area contributed by atoms with Gasteiger partial charge in [0.25, 0.3) is 0 Å². The summed E-state index contributed by atoms with van der Waals surface area (Å²) >= 11 is 0. The molecule has 2 saturated heterocycles. The molecule has 3 rings (SSSR count). The number of allylic oxidation sites excluding steroid dienone is 2. The molecule has 26 heavy (non-hydrogen) atoms. The summed E-state index contributed by atoms with van der Waals surface area (Å²) in [7, 11) is 0. The van der Waals surface area contributed by atoms with Gasteiger partial charge < -0.3 is 14.2 Å². The van der Waals surface area contributed by atoms with Crippen molar-refractivity contribution in [3.05, 3.63) is 35.6 Å². The maximum atomic E-state index is 12.5. The average molecular weight is 360 g/mol. The Bertz CT molecular complexity index is 745. The smallest absolute Gasteiger partial charge is 0.334 e. The van der Waals surface area contributed by atoms with Gasteiger partial charge in [0.15, 0.2) is 5.60 Å². The molecule has 6 nitrogen and oxygen atoms in total. The zero-order valence-electron chi connectivity index (χ0n) is 15.5. The summed E-state index contributed by atoms with van der Waals surface area (Å²) in [6.07, 6.45) is 2.57. The predicted octanol–water partition coefficient (Wildman–Crippen LogP) is 2.63. The van der Waals surface area contributed by atoms with Crippen molar-refractivity contribution in [1.29, 1.82) is 0 Å². The third-order valence-corrected chi connectivity index (χ3v) is 5.54. The molecule has 0 saturated carbocycles. The van der Waals surface area contributed by atoms with Crippen molar-refractivity contribution in [2.24, 2.45) is 11.8 Å². The standard InChI is InChI=1S/C20H24O6/c1-6-10(2)18(22)25-15-9-20(5)16(21)8-13(26-20)11(3)7-14-17(15)12(4)19(23)24-14/h6,8,11,14-15,17H,4,7,9H2,1-3,5H3/t11-,14-,15+,17+,20-/m1/s1. The molecule has 0 aromatic carbocycles. The summed E-state index contributed by atoms with van der Waals surface area (Å²) in [6.45, 7) is 10.9. The van der Waals surface area contributed by atoms with Crippen LogP contribution in [0.5, 0.6) is 0 Å². The van der Waals surface area contributed by atoms with Gasteiger partial charge in [-0.05, 0) is 27.2 Å². The fraction of sp³-hybridized carbons (Fsp3) is 0.550. The number of ether oxygens (including phenoxy) is 3. The summed E-state index contributed by atoms with van der Waals surface area (Å²) in [5.74, 6) is -1.13. The molecule has 2 fully saturated rings. The maximum absolute atomic E-state index is 12.5. The van der Waals surface area contributed by atoms with Crippen LogP contribution in [0.15, 0.2) is 35.6 Å². The Morgan fingerprint density at radius 1 is 1.42 bits per heavy atom. The summed E-state index contributed by atoms with van der Waals surface area (Å²) in [4.78, 5) is 37.0. The van der Waals surface area contributed by atoms with Crippen molar-refractivity contribution < 1.29 is 28.6 Å². The number of hydrogen-bond donors (Lipinski definition) is 0. The van der Waals surface area contributed by atoms with E-state index < -0.39 is 35.7 Å². The molecule has 5 atom stereocenters. The SMILES string of the molecule is C=C1C(=O)O[C@@H]2C[C@@H](C)C3=CC(=O)[C@@](C)(C[C@H](OC(=O)C(C)=CC)[C@@H]12)O3. The fourth-order valence-electron chi connectivity index (χ4n) is 3.75. The number of ketones is 1. The summed E-state index contributed by atoms with van der Waals surface area (Å²) < 4.78 is 17.2. The van der Waals surface area contributed by atoms with E-state index in [9.17, 15) is 14.4 Å². The molecule has 3 aliphatic heterocycles. The van der Waals surface area contributed by atoms with Crippen molar-refractivity contribution >= 4 is 17.7 Å². The van der Waals surface area contributed by atoms with Crippen LogP contribution in [0, 0.1) is 11.8 Å². The van der Waals surface area contributed by atoms with E-state index in [1.54, 1.807) is 26.8 Å². The van der Waals surface area contributed by atoms with Crippen LogP contribution in [0.4, 0.5) is 0 Å². The zero-order valence-corrected chi connectivity index (χ0v) is 15.5. The van der Waals surface area contributed by atoms with Crippen molar-refractivity contribution in [2.75, 3.05) is 0 Å². The number of esters is 2. The van der Waals surface area contributed by atoms with Gasteiger partial charge in [-0.3, -0.25) is 4.79 Å². The second kappa shape index (κ2) is 6.41. The van der Waals surface area contributed by atoms with Gasteiger partial charge in [-0.1, -0.05) is 19.6 Å². The number of rotatable bonds is 2. The Hall–Kier alpha value is -2.37. The highest BCUT2D eigenvalue weighted by molar-refractivity contribution is 5.99. The van der Waals surface area contributed by atoms with Gasteiger partial charge >= 0.3 is 11.9 Å². The molecule has 3 heterocycles. The largest absolute Gasteiger partial charge is 0.483 e. The first kappa shape index (κ1) is 18.4. The Morgan fingerprint density at radius 3 is 2.77 bits per heavy atom. The Kier molecular flexibility index (Phi) is 4.54. The first-order valence-corrected chi connectivity index (χ1v) is 8.85. The number of fused-ring (bicyclic) bond motifs is 3. The third kappa shape index (κ3) is 2.97. The molecular formula is C20H24O6. The first-order chi connectivity index (χ1) is 12.2. The van der Waals surface area contributed by atoms with Gasteiger partial charge in [-0.15, -0.1) is 0 Å². The Labute approximate surface area is 152 Å². The molecule has 0 unspecified atom stereocenters. The van der Waals surface area contributed by atoms with E-state index in [0.717, 1.165) is 0 Å². The quantitative estimate of drug-likeness (QED) is 0.556. The van der Waals surface area contributed by atoms with Crippen molar-refractivity contribution in [2.45, 2.75) is 58.3 Å². The van der Waals surface area contributed by atoms with E-state index in [2.05, 4.69) is 6.58 Å². The first-order valence-electron chi connectivity index (χ1n) is 8.85. The van der Waals surface area contributed by atoms with E-state index in [1.807, 2.05) is 6.92 Å². The predicted molar refractivity (Wildman–Crippen MR) is 92.8 cm³/mol.